The Bertz CT molecular complexity index is 418. The largest absolute Gasteiger partial charge is 0.504 e. The normalized spacial score (nSPS) is 11.6. The predicted molar refractivity (Wildman–Crippen MR) is 58.5 cm³/mol. The van der Waals surface area contributed by atoms with E-state index in [0.29, 0.717) is 12.0 Å². The minimum atomic E-state index is -0.818. The molecule has 1 aromatic rings. The number of nitrogens with one attached hydrogen (secondary N) is 1. The van der Waals surface area contributed by atoms with Crippen molar-refractivity contribution in [1.82, 2.24) is 5.32 Å². The summed E-state index contributed by atoms with van der Waals surface area (Å²) in [6.07, 6.45) is 0.571. The first-order valence-electron chi connectivity index (χ1n) is 4.87. The van der Waals surface area contributed by atoms with Crippen molar-refractivity contribution in [2.45, 2.75) is 12.5 Å². The van der Waals surface area contributed by atoms with Crippen LogP contribution in [0, 0.1) is 0 Å². The fourth-order valence-electron chi connectivity index (χ4n) is 1.37. The molecule has 3 N–H and O–H groups in total. The number of phenolic OH excluding ortho intramolecular Hbond substituents is 2. The average Bonchev–Trinajstić information content (AvgIpc) is 2.32. The van der Waals surface area contributed by atoms with Gasteiger partial charge < -0.3 is 20.3 Å². The highest BCUT2D eigenvalue weighted by molar-refractivity contribution is 5.78. The molecule has 92 valence electrons. The van der Waals surface area contributed by atoms with Gasteiger partial charge in [0.15, 0.2) is 11.5 Å². The van der Waals surface area contributed by atoms with Gasteiger partial charge in [-0.3, -0.25) is 4.79 Å². The Labute approximate surface area is 97.8 Å². The number of hydrogen-bond donors (Lipinski definition) is 3. The number of amides is 1. The topological polar surface area (TPSA) is 95.9 Å². The molecule has 0 unspecified atom stereocenters. The van der Waals surface area contributed by atoms with Gasteiger partial charge in [-0.15, -0.1) is 0 Å². The third-order valence-corrected chi connectivity index (χ3v) is 2.23. The van der Waals surface area contributed by atoms with Crippen LogP contribution < -0.4 is 5.32 Å². The van der Waals surface area contributed by atoms with E-state index in [4.69, 9.17) is 5.11 Å². The van der Waals surface area contributed by atoms with Crippen molar-refractivity contribution in [1.29, 1.82) is 0 Å². The molecule has 0 heterocycles. The number of phenols is 2. The molecule has 1 rings (SSSR count). The lowest BCUT2D eigenvalue weighted by Crippen LogP contribution is -2.38. The molecule has 0 aliphatic rings. The van der Waals surface area contributed by atoms with Gasteiger partial charge in [0.05, 0.1) is 7.11 Å². The molecular weight excluding hydrogens is 226 g/mol. The van der Waals surface area contributed by atoms with Crippen LogP contribution in [0.3, 0.4) is 0 Å². The summed E-state index contributed by atoms with van der Waals surface area (Å²) in [5, 5.41) is 20.7. The molecule has 0 aliphatic heterocycles. The smallest absolute Gasteiger partial charge is 0.328 e. The Morgan fingerprint density at radius 3 is 2.71 bits per heavy atom. The van der Waals surface area contributed by atoms with Crippen molar-refractivity contribution in [3.63, 3.8) is 0 Å². The first-order valence-corrected chi connectivity index (χ1v) is 4.87. The van der Waals surface area contributed by atoms with Crippen LogP contribution in [0.15, 0.2) is 18.2 Å². The number of esters is 1. The van der Waals surface area contributed by atoms with Crippen LogP contribution in [0.25, 0.3) is 0 Å². The van der Waals surface area contributed by atoms with Crippen molar-refractivity contribution < 1.29 is 24.5 Å². The highest BCUT2D eigenvalue weighted by Gasteiger charge is 2.19. The second-order valence-electron chi connectivity index (χ2n) is 3.39. The number of aromatic hydroxyl groups is 2. The highest BCUT2D eigenvalue weighted by atomic mass is 16.5. The van der Waals surface area contributed by atoms with Gasteiger partial charge >= 0.3 is 5.97 Å². The maximum Gasteiger partial charge on any atom is 0.328 e. The number of carbonyl (C=O) groups is 2. The van der Waals surface area contributed by atoms with E-state index in [-0.39, 0.29) is 17.9 Å². The van der Waals surface area contributed by atoms with Gasteiger partial charge in [0.2, 0.25) is 6.41 Å². The molecule has 6 nitrogen and oxygen atoms in total. The molecule has 0 saturated heterocycles. The summed E-state index contributed by atoms with van der Waals surface area (Å²) in [6.45, 7) is 0. The van der Waals surface area contributed by atoms with Crippen molar-refractivity contribution in [2.75, 3.05) is 7.11 Å². The highest BCUT2D eigenvalue weighted by Crippen LogP contribution is 2.25. The lowest BCUT2D eigenvalue weighted by Gasteiger charge is -2.13. The van der Waals surface area contributed by atoms with Crippen molar-refractivity contribution in [3.05, 3.63) is 23.8 Å². The molecule has 0 aromatic heterocycles. The van der Waals surface area contributed by atoms with Gasteiger partial charge in [0.1, 0.15) is 6.04 Å². The zero-order chi connectivity index (χ0) is 12.8. The Morgan fingerprint density at radius 1 is 1.47 bits per heavy atom. The maximum absolute atomic E-state index is 11.3. The van der Waals surface area contributed by atoms with E-state index in [1.165, 1.54) is 25.3 Å². The Kier molecular flexibility index (Phi) is 4.33. The van der Waals surface area contributed by atoms with Gasteiger partial charge in [-0.05, 0) is 17.7 Å². The maximum atomic E-state index is 11.3. The third-order valence-electron chi connectivity index (χ3n) is 2.23. The first kappa shape index (κ1) is 12.8. The fraction of sp³-hybridized carbons (Fsp3) is 0.273. The second kappa shape index (κ2) is 5.74. The summed E-state index contributed by atoms with van der Waals surface area (Å²) in [7, 11) is 1.22. The molecule has 0 saturated carbocycles. The zero-order valence-corrected chi connectivity index (χ0v) is 9.21. The molecule has 0 spiro atoms. The molecule has 17 heavy (non-hydrogen) atoms. The van der Waals surface area contributed by atoms with Crippen LogP contribution in [0.5, 0.6) is 11.5 Å². The van der Waals surface area contributed by atoms with Crippen LogP contribution in [0.1, 0.15) is 5.56 Å². The summed E-state index contributed by atoms with van der Waals surface area (Å²) in [4.78, 5) is 21.6. The number of methoxy groups -OCH3 is 1. The van der Waals surface area contributed by atoms with Gasteiger partial charge in [-0.1, -0.05) is 6.07 Å². The lowest BCUT2D eigenvalue weighted by molar-refractivity contribution is -0.144. The molecule has 1 atom stereocenters. The number of hydrogen-bond acceptors (Lipinski definition) is 5. The molecule has 1 amide bonds. The zero-order valence-electron chi connectivity index (χ0n) is 9.21. The van der Waals surface area contributed by atoms with E-state index in [2.05, 4.69) is 10.1 Å². The monoisotopic (exact) mass is 239 g/mol. The average molecular weight is 239 g/mol. The SMILES string of the molecule is COC(=O)[C@H](Cc1ccc(O)c(O)c1)NC=O. The van der Waals surface area contributed by atoms with Gasteiger partial charge in [-0.25, -0.2) is 4.79 Å². The van der Waals surface area contributed by atoms with Crippen LogP contribution in [0.2, 0.25) is 0 Å². The van der Waals surface area contributed by atoms with Gasteiger partial charge in [0, 0.05) is 6.42 Å². The lowest BCUT2D eigenvalue weighted by atomic mass is 10.1. The summed E-state index contributed by atoms with van der Waals surface area (Å²) in [6, 6.07) is 3.34. The van der Waals surface area contributed by atoms with E-state index >= 15 is 0 Å². The quantitative estimate of drug-likeness (QED) is 0.379. The Hall–Kier alpha value is -2.24. The minimum Gasteiger partial charge on any atom is -0.504 e. The van der Waals surface area contributed by atoms with Crippen LogP contribution in [-0.2, 0) is 20.7 Å². The van der Waals surface area contributed by atoms with Gasteiger partial charge in [-0.2, -0.15) is 0 Å². The van der Waals surface area contributed by atoms with E-state index in [1.807, 2.05) is 0 Å². The molecule has 6 heteroatoms. The van der Waals surface area contributed by atoms with E-state index in [9.17, 15) is 14.7 Å². The minimum absolute atomic E-state index is 0.166. The van der Waals surface area contributed by atoms with E-state index < -0.39 is 12.0 Å². The number of rotatable bonds is 5. The first-order chi connectivity index (χ1) is 8.08. The molecule has 0 fully saturated rings. The van der Waals surface area contributed by atoms with Crippen molar-refractivity contribution in [2.24, 2.45) is 0 Å². The molecule has 0 radical (unpaired) electrons. The summed E-state index contributed by atoms with van der Waals surface area (Å²) < 4.78 is 4.52. The number of ether oxygens (including phenoxy) is 1. The molecular formula is C11H13NO5. The third kappa shape index (κ3) is 3.37. The van der Waals surface area contributed by atoms with Crippen LogP contribution >= 0.6 is 0 Å². The van der Waals surface area contributed by atoms with Gasteiger partial charge in [0.25, 0.3) is 0 Å². The predicted octanol–water partition coefficient (Wildman–Crippen LogP) is -0.0721. The summed E-state index contributed by atoms with van der Waals surface area (Å²) in [5.41, 5.74) is 0.588. The number of carbonyl (C=O) groups excluding carboxylic acids is 2. The van der Waals surface area contributed by atoms with Crippen LogP contribution in [0.4, 0.5) is 0 Å². The molecule has 0 bridgehead atoms. The Balaban J connectivity index is 2.81. The van der Waals surface area contributed by atoms with Crippen molar-refractivity contribution >= 4 is 12.4 Å². The summed E-state index contributed by atoms with van der Waals surface area (Å²) in [5.74, 6) is -1.10. The molecule has 1 aromatic carbocycles. The number of benzene rings is 1. The van der Waals surface area contributed by atoms with E-state index in [0.717, 1.165) is 0 Å². The van der Waals surface area contributed by atoms with Crippen LogP contribution in [-0.4, -0.2) is 35.7 Å². The second-order valence-corrected chi connectivity index (χ2v) is 3.39. The Morgan fingerprint density at radius 2 is 2.18 bits per heavy atom. The summed E-state index contributed by atoms with van der Waals surface area (Å²) >= 11 is 0. The molecule has 0 aliphatic carbocycles. The van der Waals surface area contributed by atoms with E-state index in [1.54, 1.807) is 0 Å². The fourth-order valence-corrected chi connectivity index (χ4v) is 1.37. The standard InChI is InChI=1S/C11H13NO5/c1-17-11(16)8(12-6-13)4-7-2-3-9(14)10(15)5-7/h2-3,5-6,8,14-15H,4H2,1H3,(H,12,13)/t8-/m0/s1. The van der Waals surface area contributed by atoms with Crippen molar-refractivity contribution in [3.8, 4) is 11.5 Å².